The quantitative estimate of drug-likeness (QED) is 0.911. The topological polar surface area (TPSA) is 83.9 Å². The standard InChI is InChI=1S/C12H13ClN2O2S/c1-2-18(16,17)11-10(12(11,15)7-14)8-4-3-5-9(13)6-8/h3-6,10-11H,2,15H2,1H3/t10-,11+,12+/m1/s1. The molecule has 2 rings (SSSR count). The molecular formula is C12H13ClN2O2S. The zero-order valence-electron chi connectivity index (χ0n) is 9.80. The van der Waals surface area contributed by atoms with Gasteiger partial charge in [-0.3, -0.25) is 0 Å². The summed E-state index contributed by atoms with van der Waals surface area (Å²) in [5.41, 5.74) is 5.26. The maximum absolute atomic E-state index is 11.9. The zero-order chi connectivity index (χ0) is 13.6. The highest BCUT2D eigenvalue weighted by molar-refractivity contribution is 7.92. The van der Waals surface area contributed by atoms with Crippen LogP contribution in [0.1, 0.15) is 18.4 Å². The fourth-order valence-corrected chi connectivity index (χ4v) is 4.41. The van der Waals surface area contributed by atoms with E-state index >= 15 is 0 Å². The molecule has 3 atom stereocenters. The Morgan fingerprint density at radius 3 is 2.72 bits per heavy atom. The lowest BCUT2D eigenvalue weighted by Crippen LogP contribution is -2.29. The summed E-state index contributed by atoms with van der Waals surface area (Å²) in [6.45, 7) is 1.56. The molecule has 0 radical (unpaired) electrons. The van der Waals surface area contributed by atoms with E-state index in [0.717, 1.165) is 0 Å². The van der Waals surface area contributed by atoms with Crippen molar-refractivity contribution in [3.8, 4) is 6.07 Å². The van der Waals surface area contributed by atoms with Gasteiger partial charge in [0.1, 0.15) is 10.8 Å². The molecule has 1 saturated carbocycles. The molecule has 18 heavy (non-hydrogen) atoms. The summed E-state index contributed by atoms with van der Waals surface area (Å²) in [5.74, 6) is -0.513. The molecular weight excluding hydrogens is 272 g/mol. The molecule has 2 N–H and O–H groups in total. The Morgan fingerprint density at radius 1 is 1.56 bits per heavy atom. The minimum atomic E-state index is -3.35. The van der Waals surface area contributed by atoms with Crippen LogP contribution >= 0.6 is 11.6 Å². The Bertz CT molecular complexity index is 623. The number of hydrogen-bond acceptors (Lipinski definition) is 4. The average Bonchev–Trinajstić information content (AvgIpc) is 2.98. The monoisotopic (exact) mass is 284 g/mol. The van der Waals surface area contributed by atoms with Crippen LogP contribution in [0.2, 0.25) is 5.02 Å². The molecule has 0 bridgehead atoms. The van der Waals surface area contributed by atoms with E-state index in [2.05, 4.69) is 0 Å². The third-order valence-corrected chi connectivity index (χ3v) is 5.85. The lowest BCUT2D eigenvalue weighted by molar-refractivity contribution is 0.593. The average molecular weight is 285 g/mol. The largest absolute Gasteiger partial charge is 0.312 e. The second-order valence-corrected chi connectivity index (χ2v) is 7.30. The Kier molecular flexibility index (Phi) is 3.14. The number of hydrogen-bond donors (Lipinski definition) is 1. The fourth-order valence-electron chi connectivity index (χ4n) is 2.34. The van der Waals surface area contributed by atoms with Crippen LogP contribution in [0.25, 0.3) is 0 Å². The first-order valence-corrected chi connectivity index (χ1v) is 7.63. The molecule has 1 aromatic rings. The van der Waals surface area contributed by atoms with E-state index in [1.807, 2.05) is 6.07 Å². The van der Waals surface area contributed by atoms with Gasteiger partial charge in [0.2, 0.25) is 0 Å². The number of nitriles is 1. The number of benzene rings is 1. The summed E-state index contributed by atoms with van der Waals surface area (Å²) in [4.78, 5) is 0. The van der Waals surface area contributed by atoms with Crippen LogP contribution < -0.4 is 5.73 Å². The molecule has 4 nitrogen and oxygen atoms in total. The summed E-state index contributed by atoms with van der Waals surface area (Å²) < 4.78 is 23.9. The SMILES string of the molecule is CCS(=O)(=O)[C@H]1[C@@H](c2cccc(Cl)c2)[C@@]1(N)C#N. The number of halogens is 1. The van der Waals surface area contributed by atoms with Gasteiger partial charge in [0.05, 0.1) is 6.07 Å². The van der Waals surface area contributed by atoms with Crippen molar-refractivity contribution >= 4 is 21.4 Å². The Balaban J connectivity index is 2.45. The van der Waals surface area contributed by atoms with Crippen LogP contribution in [0, 0.1) is 11.3 Å². The Hall–Kier alpha value is -1.09. The predicted molar refractivity (Wildman–Crippen MR) is 70.0 cm³/mol. The van der Waals surface area contributed by atoms with Crippen molar-refractivity contribution < 1.29 is 8.42 Å². The normalized spacial score (nSPS) is 30.8. The van der Waals surface area contributed by atoms with E-state index in [4.69, 9.17) is 22.6 Å². The van der Waals surface area contributed by atoms with Gasteiger partial charge in [-0.25, -0.2) is 8.42 Å². The lowest BCUT2D eigenvalue weighted by Gasteiger charge is -2.00. The fraction of sp³-hybridized carbons (Fsp3) is 0.417. The summed E-state index contributed by atoms with van der Waals surface area (Å²) >= 11 is 5.88. The summed E-state index contributed by atoms with van der Waals surface area (Å²) in [6, 6.07) is 8.76. The number of nitrogens with two attached hydrogens (primary N) is 1. The van der Waals surface area contributed by atoms with Crippen LogP contribution in [0.15, 0.2) is 24.3 Å². The van der Waals surface area contributed by atoms with Gasteiger partial charge in [0, 0.05) is 16.7 Å². The van der Waals surface area contributed by atoms with Gasteiger partial charge in [-0.1, -0.05) is 30.7 Å². The van der Waals surface area contributed by atoms with Crippen molar-refractivity contribution in [1.82, 2.24) is 0 Å². The van der Waals surface area contributed by atoms with Gasteiger partial charge in [-0.2, -0.15) is 5.26 Å². The van der Waals surface area contributed by atoms with Crippen LogP contribution in [-0.4, -0.2) is 25.0 Å². The van der Waals surface area contributed by atoms with Crippen LogP contribution in [0.5, 0.6) is 0 Å². The zero-order valence-corrected chi connectivity index (χ0v) is 11.4. The molecule has 6 heteroatoms. The van der Waals surface area contributed by atoms with E-state index in [9.17, 15) is 8.42 Å². The second kappa shape index (κ2) is 4.23. The van der Waals surface area contributed by atoms with Crippen molar-refractivity contribution in [2.24, 2.45) is 5.73 Å². The van der Waals surface area contributed by atoms with Gasteiger partial charge >= 0.3 is 0 Å². The maximum atomic E-state index is 11.9. The highest BCUT2D eigenvalue weighted by atomic mass is 35.5. The molecule has 96 valence electrons. The smallest absolute Gasteiger partial charge is 0.156 e. The molecule has 1 aromatic carbocycles. The molecule has 0 aliphatic heterocycles. The molecule has 1 aliphatic rings. The van der Waals surface area contributed by atoms with E-state index in [1.54, 1.807) is 31.2 Å². The summed E-state index contributed by atoms with van der Waals surface area (Å²) in [7, 11) is -3.35. The first kappa shape index (κ1) is 13.3. The van der Waals surface area contributed by atoms with Crippen molar-refractivity contribution in [3.63, 3.8) is 0 Å². The van der Waals surface area contributed by atoms with Gasteiger partial charge in [0.15, 0.2) is 9.84 Å². The summed E-state index contributed by atoms with van der Waals surface area (Å²) in [6.07, 6.45) is 0. The minimum absolute atomic E-state index is 0.0185. The van der Waals surface area contributed by atoms with Crippen molar-refractivity contribution in [2.45, 2.75) is 23.6 Å². The number of sulfone groups is 1. The Labute approximate surface area is 111 Å². The van der Waals surface area contributed by atoms with E-state index < -0.39 is 26.5 Å². The van der Waals surface area contributed by atoms with Crippen molar-refractivity contribution in [1.29, 1.82) is 5.26 Å². The molecule has 1 aliphatic carbocycles. The van der Waals surface area contributed by atoms with Gasteiger partial charge in [-0.05, 0) is 17.7 Å². The first-order chi connectivity index (χ1) is 8.36. The number of rotatable bonds is 3. The van der Waals surface area contributed by atoms with E-state index in [0.29, 0.717) is 10.6 Å². The third kappa shape index (κ3) is 1.91. The molecule has 0 amide bonds. The highest BCUT2D eigenvalue weighted by Crippen LogP contribution is 2.54. The maximum Gasteiger partial charge on any atom is 0.156 e. The van der Waals surface area contributed by atoms with Crippen molar-refractivity contribution in [3.05, 3.63) is 34.9 Å². The third-order valence-electron chi connectivity index (χ3n) is 3.37. The highest BCUT2D eigenvalue weighted by Gasteiger charge is 2.69. The first-order valence-electron chi connectivity index (χ1n) is 5.54. The predicted octanol–water partition coefficient (Wildman–Crippen LogP) is 1.46. The molecule has 0 unspecified atom stereocenters. The molecule has 0 spiro atoms. The summed E-state index contributed by atoms with van der Waals surface area (Å²) in [5, 5.41) is 8.80. The van der Waals surface area contributed by atoms with Crippen LogP contribution in [-0.2, 0) is 9.84 Å². The van der Waals surface area contributed by atoms with E-state index in [1.165, 1.54) is 0 Å². The van der Waals surface area contributed by atoms with E-state index in [-0.39, 0.29) is 5.75 Å². The number of nitrogens with zero attached hydrogens (tertiary/aromatic N) is 1. The molecule has 0 aromatic heterocycles. The minimum Gasteiger partial charge on any atom is -0.312 e. The van der Waals surface area contributed by atoms with Gasteiger partial charge < -0.3 is 5.73 Å². The van der Waals surface area contributed by atoms with Crippen molar-refractivity contribution in [2.75, 3.05) is 5.75 Å². The molecule has 0 heterocycles. The second-order valence-electron chi connectivity index (χ2n) is 4.45. The Morgan fingerprint density at radius 2 is 2.22 bits per heavy atom. The van der Waals surface area contributed by atoms with Crippen LogP contribution in [0.3, 0.4) is 0 Å². The van der Waals surface area contributed by atoms with Crippen LogP contribution in [0.4, 0.5) is 0 Å². The molecule has 0 saturated heterocycles. The van der Waals surface area contributed by atoms with Gasteiger partial charge in [-0.15, -0.1) is 0 Å². The van der Waals surface area contributed by atoms with Gasteiger partial charge in [0.25, 0.3) is 0 Å². The lowest BCUT2D eigenvalue weighted by atomic mass is 10.1. The molecule has 1 fully saturated rings.